The first-order chi connectivity index (χ1) is 14.3. The van der Waals surface area contributed by atoms with Gasteiger partial charge in [-0.1, -0.05) is 12.1 Å². The van der Waals surface area contributed by atoms with Crippen molar-refractivity contribution in [3.05, 3.63) is 30.0 Å². The molecule has 0 bridgehead atoms. The molecule has 30 heavy (non-hydrogen) atoms. The van der Waals surface area contributed by atoms with Gasteiger partial charge in [-0.05, 0) is 58.1 Å². The monoisotopic (exact) mass is 427 g/mol. The van der Waals surface area contributed by atoms with E-state index >= 15 is 0 Å². The van der Waals surface area contributed by atoms with E-state index in [4.69, 9.17) is 9.97 Å². The first kappa shape index (κ1) is 21.0. The Morgan fingerprint density at radius 3 is 2.67 bits per heavy atom. The Morgan fingerprint density at radius 2 is 1.97 bits per heavy atom. The Bertz CT molecular complexity index is 997. The molecule has 0 saturated heterocycles. The van der Waals surface area contributed by atoms with E-state index in [0.29, 0.717) is 18.4 Å². The van der Waals surface area contributed by atoms with Crippen molar-refractivity contribution >= 4 is 33.3 Å². The zero-order chi connectivity index (χ0) is 21.3. The SMILES string of the molecule is Cc1nc(NCC(C)(C)O)nc(N[C@H]2CC[C@@H](CO)C2)c1-c1nc2ccccc2s1. The van der Waals surface area contributed by atoms with Crippen LogP contribution in [0.25, 0.3) is 20.8 Å². The number of rotatable bonds is 7. The number of hydrogen-bond donors (Lipinski definition) is 4. The molecule has 1 fully saturated rings. The molecular formula is C22H29N5O2S. The maximum atomic E-state index is 10.1. The molecule has 1 aliphatic carbocycles. The molecule has 7 nitrogen and oxygen atoms in total. The van der Waals surface area contributed by atoms with Gasteiger partial charge in [0.25, 0.3) is 0 Å². The Balaban J connectivity index is 1.71. The lowest BCUT2D eigenvalue weighted by Crippen LogP contribution is -2.30. The number of hydrogen-bond acceptors (Lipinski definition) is 8. The highest BCUT2D eigenvalue weighted by Gasteiger charge is 2.27. The van der Waals surface area contributed by atoms with Crippen molar-refractivity contribution in [2.75, 3.05) is 23.8 Å². The van der Waals surface area contributed by atoms with Crippen LogP contribution in [0.15, 0.2) is 24.3 Å². The van der Waals surface area contributed by atoms with Crippen molar-refractivity contribution in [1.82, 2.24) is 15.0 Å². The molecule has 8 heteroatoms. The van der Waals surface area contributed by atoms with Crippen LogP contribution in [-0.4, -0.2) is 50.0 Å². The third-order valence-corrected chi connectivity index (χ3v) is 6.47. The number of aromatic nitrogens is 3. The number of benzene rings is 1. The molecule has 2 heterocycles. The fraction of sp³-hybridized carbons (Fsp3) is 0.500. The van der Waals surface area contributed by atoms with Gasteiger partial charge >= 0.3 is 0 Å². The summed E-state index contributed by atoms with van der Waals surface area (Å²) in [7, 11) is 0. The number of aryl methyl sites for hydroxylation is 1. The molecule has 2 aromatic heterocycles. The fourth-order valence-electron chi connectivity index (χ4n) is 3.85. The van der Waals surface area contributed by atoms with Crippen molar-refractivity contribution in [1.29, 1.82) is 0 Å². The van der Waals surface area contributed by atoms with Crippen molar-refractivity contribution < 1.29 is 10.2 Å². The summed E-state index contributed by atoms with van der Waals surface area (Å²) in [6, 6.07) is 8.35. The summed E-state index contributed by atoms with van der Waals surface area (Å²) >= 11 is 1.63. The van der Waals surface area contributed by atoms with E-state index in [1.165, 1.54) is 0 Å². The maximum absolute atomic E-state index is 10.1. The molecule has 4 N–H and O–H groups in total. The molecule has 4 rings (SSSR count). The van der Waals surface area contributed by atoms with E-state index in [1.54, 1.807) is 25.2 Å². The Labute approximate surface area is 180 Å². The van der Waals surface area contributed by atoms with E-state index < -0.39 is 5.60 Å². The number of aliphatic hydroxyl groups is 2. The number of nitrogens with one attached hydrogen (secondary N) is 2. The number of aliphatic hydroxyl groups excluding tert-OH is 1. The third-order valence-electron chi connectivity index (χ3n) is 5.42. The molecule has 2 atom stereocenters. The molecule has 1 aromatic carbocycles. The number of fused-ring (bicyclic) bond motifs is 1. The highest BCUT2D eigenvalue weighted by molar-refractivity contribution is 7.21. The number of anilines is 2. The molecule has 0 aliphatic heterocycles. The first-order valence-corrected chi connectivity index (χ1v) is 11.2. The summed E-state index contributed by atoms with van der Waals surface area (Å²) in [6.07, 6.45) is 2.93. The molecule has 0 radical (unpaired) electrons. The molecular weight excluding hydrogens is 398 g/mol. The molecule has 0 spiro atoms. The smallest absolute Gasteiger partial charge is 0.225 e. The fourth-order valence-corrected chi connectivity index (χ4v) is 4.92. The molecule has 3 aromatic rings. The van der Waals surface area contributed by atoms with Gasteiger partial charge in [0.2, 0.25) is 5.95 Å². The molecule has 0 amide bonds. The normalized spacial score (nSPS) is 19.4. The number of para-hydroxylation sites is 1. The average molecular weight is 428 g/mol. The van der Waals surface area contributed by atoms with Crippen LogP contribution >= 0.6 is 11.3 Å². The van der Waals surface area contributed by atoms with Gasteiger partial charge < -0.3 is 20.8 Å². The molecule has 160 valence electrons. The van der Waals surface area contributed by atoms with E-state index in [0.717, 1.165) is 51.6 Å². The second-order valence-corrected chi connectivity index (χ2v) is 9.74. The zero-order valence-electron chi connectivity index (χ0n) is 17.6. The minimum Gasteiger partial charge on any atom is -0.396 e. The minimum atomic E-state index is -0.865. The van der Waals surface area contributed by atoms with Crippen molar-refractivity contribution in [3.63, 3.8) is 0 Å². The largest absolute Gasteiger partial charge is 0.396 e. The van der Waals surface area contributed by atoms with Crippen LogP contribution in [0, 0.1) is 12.8 Å². The van der Waals surface area contributed by atoms with E-state index in [-0.39, 0.29) is 12.6 Å². The Kier molecular flexibility index (Phi) is 5.90. The van der Waals surface area contributed by atoms with Crippen molar-refractivity contribution in [3.8, 4) is 10.6 Å². The lowest BCUT2D eigenvalue weighted by Gasteiger charge is -2.20. The minimum absolute atomic E-state index is 0.226. The maximum Gasteiger partial charge on any atom is 0.225 e. The van der Waals surface area contributed by atoms with Crippen molar-refractivity contribution in [2.45, 2.75) is 51.7 Å². The van der Waals surface area contributed by atoms with Crippen LogP contribution < -0.4 is 10.6 Å². The summed E-state index contributed by atoms with van der Waals surface area (Å²) < 4.78 is 1.13. The van der Waals surface area contributed by atoms with Gasteiger partial charge in [0.1, 0.15) is 10.8 Å². The quantitative estimate of drug-likeness (QED) is 0.454. The van der Waals surface area contributed by atoms with Gasteiger partial charge in [0.15, 0.2) is 0 Å². The van der Waals surface area contributed by atoms with Crippen LogP contribution in [0.2, 0.25) is 0 Å². The van der Waals surface area contributed by atoms with Gasteiger partial charge in [-0.3, -0.25) is 0 Å². The van der Waals surface area contributed by atoms with Gasteiger partial charge in [0.05, 0.1) is 27.1 Å². The predicted molar refractivity (Wildman–Crippen MR) is 122 cm³/mol. The van der Waals surface area contributed by atoms with Crippen molar-refractivity contribution in [2.24, 2.45) is 5.92 Å². The first-order valence-electron chi connectivity index (χ1n) is 10.4. The second-order valence-electron chi connectivity index (χ2n) is 8.71. The highest BCUT2D eigenvalue weighted by Crippen LogP contribution is 2.37. The zero-order valence-corrected chi connectivity index (χ0v) is 18.5. The van der Waals surface area contributed by atoms with Crippen LogP contribution in [0.3, 0.4) is 0 Å². The van der Waals surface area contributed by atoms with Gasteiger partial charge in [-0.15, -0.1) is 11.3 Å². The van der Waals surface area contributed by atoms with Gasteiger partial charge in [-0.25, -0.2) is 9.97 Å². The summed E-state index contributed by atoms with van der Waals surface area (Å²) in [6.45, 7) is 6.03. The highest BCUT2D eigenvalue weighted by atomic mass is 32.1. The van der Waals surface area contributed by atoms with E-state index in [1.807, 2.05) is 25.1 Å². The van der Waals surface area contributed by atoms with Gasteiger partial charge in [-0.2, -0.15) is 4.98 Å². The number of thiazole rings is 1. The van der Waals surface area contributed by atoms with E-state index in [9.17, 15) is 10.2 Å². The standard InChI is InChI=1S/C22H29N5O2S/c1-13-18(20-26-16-6-4-5-7-17(16)30-20)19(25-15-9-8-14(10-15)11-28)27-21(24-13)23-12-22(2,3)29/h4-7,14-15,28-29H,8-12H2,1-3H3,(H2,23,24,25,27)/t14-,15+/m1/s1. The van der Waals surface area contributed by atoms with Crippen LogP contribution in [0.4, 0.5) is 11.8 Å². The second kappa shape index (κ2) is 8.45. The lowest BCUT2D eigenvalue weighted by molar-refractivity contribution is 0.0943. The topological polar surface area (TPSA) is 103 Å². The summed E-state index contributed by atoms with van der Waals surface area (Å²) in [4.78, 5) is 14.2. The molecule has 0 unspecified atom stereocenters. The molecule has 1 saturated carbocycles. The van der Waals surface area contributed by atoms with E-state index in [2.05, 4.69) is 21.7 Å². The summed E-state index contributed by atoms with van der Waals surface area (Å²) in [5.74, 6) is 1.58. The lowest BCUT2D eigenvalue weighted by atomic mass is 10.1. The summed E-state index contributed by atoms with van der Waals surface area (Å²) in [5, 5.41) is 27.2. The van der Waals surface area contributed by atoms with Crippen LogP contribution in [-0.2, 0) is 0 Å². The molecule has 1 aliphatic rings. The third kappa shape index (κ3) is 4.71. The Hall–Kier alpha value is -2.29. The summed E-state index contributed by atoms with van der Waals surface area (Å²) in [5.41, 5.74) is 1.85. The Morgan fingerprint density at radius 1 is 1.17 bits per heavy atom. The average Bonchev–Trinajstić information content (AvgIpc) is 3.32. The predicted octanol–water partition coefficient (Wildman–Crippen LogP) is 3.82. The van der Waals surface area contributed by atoms with Gasteiger partial charge in [0, 0.05) is 19.2 Å². The van der Waals surface area contributed by atoms with Crippen LogP contribution in [0.5, 0.6) is 0 Å². The van der Waals surface area contributed by atoms with Crippen LogP contribution in [0.1, 0.15) is 38.8 Å². The number of nitrogens with zero attached hydrogens (tertiary/aromatic N) is 3.